The fourth-order valence-corrected chi connectivity index (χ4v) is 2.60. The minimum atomic E-state index is -0.214. The summed E-state index contributed by atoms with van der Waals surface area (Å²) in [6.45, 7) is 6.60. The van der Waals surface area contributed by atoms with Crippen molar-refractivity contribution in [1.29, 1.82) is 0 Å². The van der Waals surface area contributed by atoms with E-state index in [1.165, 1.54) is 5.56 Å². The molecule has 0 unspecified atom stereocenters. The number of anilines is 1. The highest BCUT2D eigenvalue weighted by molar-refractivity contribution is 6.08. The van der Waals surface area contributed by atoms with Gasteiger partial charge in [-0.1, -0.05) is 38.8 Å². The molecule has 26 heavy (non-hydrogen) atoms. The third kappa shape index (κ3) is 3.70. The van der Waals surface area contributed by atoms with Crippen molar-refractivity contribution in [3.8, 4) is 18.1 Å². The smallest absolute Gasteiger partial charge is 0.256 e. The maximum Gasteiger partial charge on any atom is 0.256 e. The monoisotopic (exact) mass is 347 g/mol. The van der Waals surface area contributed by atoms with Gasteiger partial charge in [0.05, 0.1) is 5.52 Å². The third-order valence-corrected chi connectivity index (χ3v) is 4.10. The second kappa shape index (κ2) is 6.93. The van der Waals surface area contributed by atoms with Gasteiger partial charge in [-0.3, -0.25) is 9.89 Å². The van der Waals surface area contributed by atoms with Crippen molar-refractivity contribution in [2.45, 2.75) is 26.2 Å². The standard InChI is InChI=1S/C21H21N3O2/c1-5-12-26-16-10-11-18-17(13-16)19(24-23-18)22-20(25)14-6-8-15(9-7-14)21(2,3)4/h1,6-11,13H,12H2,2-4H3,(H2,22,23,24,25). The number of hydrogen-bond acceptors (Lipinski definition) is 3. The van der Waals surface area contributed by atoms with Crippen LogP contribution >= 0.6 is 0 Å². The minimum absolute atomic E-state index is 0.0438. The normalized spacial score (nSPS) is 11.2. The number of H-pyrrole nitrogens is 1. The van der Waals surface area contributed by atoms with Gasteiger partial charge in [-0.15, -0.1) is 6.42 Å². The Morgan fingerprint density at radius 2 is 1.96 bits per heavy atom. The summed E-state index contributed by atoms with van der Waals surface area (Å²) >= 11 is 0. The minimum Gasteiger partial charge on any atom is -0.481 e. The van der Waals surface area contributed by atoms with Crippen molar-refractivity contribution in [3.63, 3.8) is 0 Å². The lowest BCUT2D eigenvalue weighted by molar-refractivity contribution is 0.102. The lowest BCUT2D eigenvalue weighted by atomic mass is 9.87. The van der Waals surface area contributed by atoms with Crippen molar-refractivity contribution in [3.05, 3.63) is 53.6 Å². The van der Waals surface area contributed by atoms with Crippen LogP contribution in [-0.2, 0) is 5.41 Å². The van der Waals surface area contributed by atoms with Crippen molar-refractivity contribution in [2.24, 2.45) is 0 Å². The zero-order valence-electron chi connectivity index (χ0n) is 15.1. The molecule has 0 aliphatic heterocycles. The number of fused-ring (bicyclic) bond motifs is 1. The molecule has 0 saturated carbocycles. The molecule has 0 saturated heterocycles. The zero-order chi connectivity index (χ0) is 18.7. The number of terminal acetylenes is 1. The largest absolute Gasteiger partial charge is 0.481 e. The summed E-state index contributed by atoms with van der Waals surface area (Å²) in [7, 11) is 0. The Kier molecular flexibility index (Phi) is 4.68. The van der Waals surface area contributed by atoms with Gasteiger partial charge in [-0.05, 0) is 41.3 Å². The Bertz CT molecular complexity index is 973. The first-order valence-corrected chi connectivity index (χ1v) is 8.35. The molecule has 0 fully saturated rings. The van der Waals surface area contributed by atoms with E-state index in [0.717, 1.165) is 10.9 Å². The van der Waals surface area contributed by atoms with Gasteiger partial charge in [0, 0.05) is 10.9 Å². The van der Waals surface area contributed by atoms with E-state index in [-0.39, 0.29) is 17.9 Å². The van der Waals surface area contributed by atoms with Gasteiger partial charge in [0.2, 0.25) is 0 Å². The van der Waals surface area contributed by atoms with Gasteiger partial charge in [0.1, 0.15) is 12.4 Å². The molecular formula is C21H21N3O2. The van der Waals surface area contributed by atoms with Crippen molar-refractivity contribution in [2.75, 3.05) is 11.9 Å². The molecule has 0 radical (unpaired) electrons. The van der Waals surface area contributed by atoms with Crippen LogP contribution in [0.25, 0.3) is 10.9 Å². The molecule has 3 rings (SSSR count). The molecule has 2 aromatic carbocycles. The number of amides is 1. The van der Waals surface area contributed by atoms with E-state index < -0.39 is 0 Å². The van der Waals surface area contributed by atoms with Gasteiger partial charge in [-0.25, -0.2) is 0 Å². The number of rotatable bonds is 4. The molecule has 1 aromatic heterocycles. The second-order valence-electron chi connectivity index (χ2n) is 7.05. The van der Waals surface area contributed by atoms with Crippen molar-refractivity contribution >= 4 is 22.6 Å². The Hall–Kier alpha value is -3.26. The van der Waals surface area contributed by atoms with Crippen LogP contribution in [0.15, 0.2) is 42.5 Å². The van der Waals surface area contributed by atoms with Crippen molar-refractivity contribution in [1.82, 2.24) is 10.2 Å². The Morgan fingerprint density at radius 3 is 2.62 bits per heavy atom. The molecule has 0 atom stereocenters. The number of nitrogens with one attached hydrogen (secondary N) is 2. The number of benzene rings is 2. The van der Waals surface area contributed by atoms with Crippen LogP contribution < -0.4 is 10.1 Å². The predicted molar refractivity (Wildman–Crippen MR) is 104 cm³/mol. The predicted octanol–water partition coefficient (Wildman–Crippen LogP) is 4.12. The van der Waals surface area contributed by atoms with Crippen LogP contribution in [0.5, 0.6) is 5.75 Å². The van der Waals surface area contributed by atoms with Gasteiger partial charge in [0.25, 0.3) is 5.91 Å². The molecule has 5 nitrogen and oxygen atoms in total. The first-order chi connectivity index (χ1) is 12.4. The molecule has 3 aromatic rings. The quantitative estimate of drug-likeness (QED) is 0.698. The summed E-state index contributed by atoms with van der Waals surface area (Å²) in [5.74, 6) is 3.29. The molecule has 1 amide bonds. The molecule has 0 aliphatic carbocycles. The van der Waals surface area contributed by atoms with Gasteiger partial charge >= 0.3 is 0 Å². The first kappa shape index (κ1) is 17.6. The Labute approximate surface area is 152 Å². The summed E-state index contributed by atoms with van der Waals surface area (Å²) in [4.78, 5) is 12.6. The molecule has 0 aliphatic rings. The fourth-order valence-electron chi connectivity index (χ4n) is 2.60. The van der Waals surface area contributed by atoms with Crippen LogP contribution in [0.4, 0.5) is 5.82 Å². The average Bonchev–Trinajstić information content (AvgIpc) is 3.01. The highest BCUT2D eigenvalue weighted by atomic mass is 16.5. The number of aromatic nitrogens is 2. The summed E-state index contributed by atoms with van der Waals surface area (Å²) < 4.78 is 5.43. The lowest BCUT2D eigenvalue weighted by Crippen LogP contribution is -2.14. The maximum absolute atomic E-state index is 12.6. The van der Waals surface area contributed by atoms with Crippen LogP contribution in [0.1, 0.15) is 36.7 Å². The van der Waals surface area contributed by atoms with E-state index in [0.29, 0.717) is 17.1 Å². The number of aromatic amines is 1. The number of carbonyl (C=O) groups is 1. The molecule has 0 spiro atoms. The summed E-state index contributed by atoms with van der Waals surface area (Å²) in [6, 6.07) is 13.0. The van der Waals surface area contributed by atoms with E-state index in [4.69, 9.17) is 11.2 Å². The molecule has 5 heteroatoms. The maximum atomic E-state index is 12.6. The van der Waals surface area contributed by atoms with Gasteiger partial charge in [-0.2, -0.15) is 5.10 Å². The van der Waals surface area contributed by atoms with E-state index >= 15 is 0 Å². The topological polar surface area (TPSA) is 67.0 Å². The van der Waals surface area contributed by atoms with Crippen LogP contribution in [0.3, 0.4) is 0 Å². The van der Waals surface area contributed by atoms with E-state index in [1.54, 1.807) is 12.1 Å². The molecular weight excluding hydrogens is 326 g/mol. The molecule has 132 valence electrons. The number of hydrogen-bond donors (Lipinski definition) is 2. The van der Waals surface area contributed by atoms with Crippen molar-refractivity contribution < 1.29 is 9.53 Å². The van der Waals surface area contributed by atoms with E-state index in [1.807, 2.05) is 30.3 Å². The SMILES string of the molecule is C#CCOc1ccc2[nH]nc(NC(=O)c3ccc(C(C)(C)C)cc3)c2c1. The fraction of sp³-hybridized carbons (Fsp3) is 0.238. The number of ether oxygens (including phenoxy) is 1. The number of nitrogens with zero attached hydrogens (tertiary/aromatic N) is 1. The van der Waals surface area contributed by atoms with Gasteiger partial charge in [0.15, 0.2) is 5.82 Å². The van der Waals surface area contributed by atoms with Crippen LogP contribution in [0, 0.1) is 12.3 Å². The second-order valence-corrected chi connectivity index (χ2v) is 7.05. The van der Waals surface area contributed by atoms with Crippen LogP contribution in [0.2, 0.25) is 0 Å². The average molecular weight is 347 g/mol. The lowest BCUT2D eigenvalue weighted by Gasteiger charge is -2.18. The molecule has 0 bridgehead atoms. The highest BCUT2D eigenvalue weighted by Crippen LogP contribution is 2.26. The van der Waals surface area contributed by atoms with Crippen LogP contribution in [-0.4, -0.2) is 22.7 Å². The van der Waals surface area contributed by atoms with E-state index in [9.17, 15) is 4.79 Å². The Balaban J connectivity index is 1.82. The summed E-state index contributed by atoms with van der Waals surface area (Å²) in [6.07, 6.45) is 5.22. The Morgan fingerprint density at radius 1 is 1.23 bits per heavy atom. The highest BCUT2D eigenvalue weighted by Gasteiger charge is 2.15. The molecule has 2 N–H and O–H groups in total. The first-order valence-electron chi connectivity index (χ1n) is 8.35. The summed E-state index contributed by atoms with van der Waals surface area (Å²) in [5, 5.41) is 10.7. The summed E-state index contributed by atoms with van der Waals surface area (Å²) in [5.41, 5.74) is 2.60. The zero-order valence-corrected chi connectivity index (χ0v) is 15.1. The third-order valence-electron chi connectivity index (χ3n) is 4.10. The van der Waals surface area contributed by atoms with Gasteiger partial charge < -0.3 is 10.1 Å². The molecule has 1 heterocycles. The number of carbonyl (C=O) groups excluding carboxylic acids is 1. The van der Waals surface area contributed by atoms with E-state index in [2.05, 4.69) is 42.2 Å².